The normalized spacial score (nSPS) is 26.1. The zero-order chi connectivity index (χ0) is 13.1. The summed E-state index contributed by atoms with van der Waals surface area (Å²) in [7, 11) is 2.23. The number of imidazole rings is 1. The van der Waals surface area contributed by atoms with E-state index in [1.165, 1.54) is 44.5 Å². The molecule has 0 spiro atoms. The Morgan fingerprint density at radius 1 is 1.32 bits per heavy atom. The van der Waals surface area contributed by atoms with Gasteiger partial charge >= 0.3 is 0 Å². The highest BCUT2D eigenvalue weighted by Gasteiger charge is 2.21. The predicted molar refractivity (Wildman–Crippen MR) is 77.3 cm³/mol. The van der Waals surface area contributed by atoms with Gasteiger partial charge in [0.1, 0.15) is 0 Å². The molecule has 0 amide bonds. The summed E-state index contributed by atoms with van der Waals surface area (Å²) >= 11 is 0. The van der Waals surface area contributed by atoms with Crippen molar-refractivity contribution >= 4 is 0 Å². The van der Waals surface area contributed by atoms with Crippen LogP contribution < -0.4 is 5.32 Å². The van der Waals surface area contributed by atoms with Crippen molar-refractivity contribution in [2.75, 3.05) is 33.2 Å². The molecule has 0 radical (unpaired) electrons. The fraction of sp³-hybridized carbons (Fsp3) is 0.800. The van der Waals surface area contributed by atoms with E-state index in [0.29, 0.717) is 5.92 Å². The van der Waals surface area contributed by atoms with Crippen molar-refractivity contribution in [3.8, 4) is 0 Å². The fourth-order valence-corrected chi connectivity index (χ4v) is 3.44. The summed E-state index contributed by atoms with van der Waals surface area (Å²) < 4.78 is 2.40. The minimum atomic E-state index is 0.681. The van der Waals surface area contributed by atoms with Crippen molar-refractivity contribution in [2.45, 2.75) is 38.1 Å². The zero-order valence-electron chi connectivity index (χ0n) is 12.0. The van der Waals surface area contributed by atoms with E-state index < -0.39 is 0 Å². The van der Waals surface area contributed by atoms with E-state index in [1.54, 1.807) is 0 Å². The molecule has 0 bridgehead atoms. The lowest BCUT2D eigenvalue weighted by Crippen LogP contribution is -2.30. The quantitative estimate of drug-likeness (QED) is 0.896. The molecule has 3 rings (SSSR count). The molecule has 1 atom stereocenters. The maximum absolute atomic E-state index is 4.37. The lowest BCUT2D eigenvalue weighted by atomic mass is 9.93. The lowest BCUT2D eigenvalue weighted by Gasteiger charge is -2.29. The van der Waals surface area contributed by atoms with Crippen molar-refractivity contribution in [1.29, 1.82) is 0 Å². The average Bonchev–Trinajstić information content (AvgIpc) is 3.08. The van der Waals surface area contributed by atoms with Gasteiger partial charge in [-0.1, -0.05) is 0 Å². The molecule has 1 unspecified atom stereocenters. The number of nitrogens with zero attached hydrogens (tertiary/aromatic N) is 3. The average molecular weight is 262 g/mol. The Labute approximate surface area is 116 Å². The number of aryl methyl sites for hydroxylation is 1. The van der Waals surface area contributed by atoms with Crippen LogP contribution in [0.25, 0.3) is 0 Å². The van der Waals surface area contributed by atoms with Gasteiger partial charge in [-0.15, -0.1) is 0 Å². The van der Waals surface area contributed by atoms with Crippen molar-refractivity contribution in [3.63, 3.8) is 0 Å². The molecule has 2 aliphatic heterocycles. The third kappa shape index (κ3) is 3.18. The number of piperidine rings is 1. The van der Waals surface area contributed by atoms with E-state index in [0.717, 1.165) is 25.6 Å². The first-order valence-electron chi connectivity index (χ1n) is 7.72. The summed E-state index contributed by atoms with van der Waals surface area (Å²) in [4.78, 5) is 6.82. The molecule has 2 fully saturated rings. The minimum absolute atomic E-state index is 0.681. The van der Waals surface area contributed by atoms with E-state index in [-0.39, 0.29) is 0 Å². The zero-order valence-corrected chi connectivity index (χ0v) is 12.0. The third-order valence-electron chi connectivity index (χ3n) is 4.84. The van der Waals surface area contributed by atoms with Crippen LogP contribution in [-0.4, -0.2) is 47.7 Å². The maximum Gasteiger partial charge on any atom is 0.0948 e. The second-order valence-electron chi connectivity index (χ2n) is 6.24. The summed E-state index contributed by atoms with van der Waals surface area (Å²) in [6, 6.07) is 0. The molecule has 0 saturated carbocycles. The number of nitrogens with one attached hydrogen (secondary N) is 1. The van der Waals surface area contributed by atoms with Crippen LogP contribution in [0.3, 0.4) is 0 Å². The SMILES string of the molecule is CN1CCC(CCn2cncc2C2CCNC2)CC1. The summed E-state index contributed by atoms with van der Waals surface area (Å²) in [5, 5.41) is 3.45. The van der Waals surface area contributed by atoms with Crippen LogP contribution in [0.1, 0.15) is 37.3 Å². The first kappa shape index (κ1) is 13.1. The minimum Gasteiger partial charge on any atom is -0.334 e. The molecule has 2 aliphatic rings. The number of rotatable bonds is 4. The Kier molecular flexibility index (Phi) is 4.18. The first-order chi connectivity index (χ1) is 9.33. The Morgan fingerprint density at radius 2 is 2.16 bits per heavy atom. The van der Waals surface area contributed by atoms with Crippen molar-refractivity contribution in [2.24, 2.45) is 5.92 Å². The van der Waals surface area contributed by atoms with Crippen LogP contribution in [0.5, 0.6) is 0 Å². The summed E-state index contributed by atoms with van der Waals surface area (Å²) in [5.41, 5.74) is 1.44. The van der Waals surface area contributed by atoms with Crippen molar-refractivity contribution in [1.82, 2.24) is 19.8 Å². The third-order valence-corrected chi connectivity index (χ3v) is 4.84. The van der Waals surface area contributed by atoms with Gasteiger partial charge in [-0.2, -0.15) is 0 Å². The van der Waals surface area contributed by atoms with Gasteiger partial charge in [0.05, 0.1) is 6.33 Å². The smallest absolute Gasteiger partial charge is 0.0948 e. The maximum atomic E-state index is 4.37. The molecular formula is C15H26N4. The van der Waals surface area contributed by atoms with Gasteiger partial charge in [0, 0.05) is 30.9 Å². The topological polar surface area (TPSA) is 33.1 Å². The molecule has 1 N–H and O–H groups in total. The molecule has 1 aromatic heterocycles. The molecule has 0 aliphatic carbocycles. The van der Waals surface area contributed by atoms with Crippen molar-refractivity contribution in [3.05, 3.63) is 18.2 Å². The van der Waals surface area contributed by atoms with Crippen LogP contribution in [0.15, 0.2) is 12.5 Å². The highest BCUT2D eigenvalue weighted by molar-refractivity contribution is 5.09. The van der Waals surface area contributed by atoms with E-state index in [1.807, 2.05) is 6.33 Å². The molecule has 4 nitrogen and oxygen atoms in total. The monoisotopic (exact) mass is 262 g/mol. The van der Waals surface area contributed by atoms with Gasteiger partial charge in [0.25, 0.3) is 0 Å². The standard InChI is InChI=1S/C15H26N4/c1-18-7-3-13(4-8-18)5-9-19-12-17-11-15(19)14-2-6-16-10-14/h11-14,16H,2-10H2,1H3. The first-order valence-corrected chi connectivity index (χ1v) is 7.72. The largest absolute Gasteiger partial charge is 0.334 e. The van der Waals surface area contributed by atoms with Crippen LogP contribution in [0.4, 0.5) is 0 Å². The molecule has 19 heavy (non-hydrogen) atoms. The number of likely N-dealkylation sites (tertiary alicyclic amines) is 1. The Balaban J connectivity index is 1.54. The Hall–Kier alpha value is -0.870. The van der Waals surface area contributed by atoms with Gasteiger partial charge < -0.3 is 14.8 Å². The Morgan fingerprint density at radius 3 is 2.89 bits per heavy atom. The lowest BCUT2D eigenvalue weighted by molar-refractivity contribution is 0.207. The highest BCUT2D eigenvalue weighted by atomic mass is 15.1. The molecule has 0 aromatic carbocycles. The van der Waals surface area contributed by atoms with Crippen LogP contribution in [-0.2, 0) is 6.54 Å². The second kappa shape index (κ2) is 6.06. The molecule has 2 saturated heterocycles. The molecule has 106 valence electrons. The van der Waals surface area contributed by atoms with Gasteiger partial charge in [-0.25, -0.2) is 4.98 Å². The van der Waals surface area contributed by atoms with Crippen LogP contribution in [0, 0.1) is 5.92 Å². The van der Waals surface area contributed by atoms with E-state index in [4.69, 9.17) is 0 Å². The summed E-state index contributed by atoms with van der Waals surface area (Å²) in [6.07, 6.45) is 9.42. The fourth-order valence-electron chi connectivity index (χ4n) is 3.44. The summed E-state index contributed by atoms with van der Waals surface area (Å²) in [6.45, 7) is 5.98. The number of hydrogen-bond donors (Lipinski definition) is 1. The van der Waals surface area contributed by atoms with Gasteiger partial charge in [0.15, 0.2) is 0 Å². The number of aromatic nitrogens is 2. The second-order valence-corrected chi connectivity index (χ2v) is 6.24. The summed E-state index contributed by atoms with van der Waals surface area (Å²) in [5.74, 6) is 1.59. The predicted octanol–water partition coefficient (Wildman–Crippen LogP) is 1.69. The highest BCUT2D eigenvalue weighted by Crippen LogP contribution is 2.24. The van der Waals surface area contributed by atoms with Gasteiger partial charge in [-0.05, 0) is 58.3 Å². The number of hydrogen-bond acceptors (Lipinski definition) is 3. The molecular weight excluding hydrogens is 236 g/mol. The molecule has 4 heteroatoms. The van der Waals surface area contributed by atoms with E-state index >= 15 is 0 Å². The van der Waals surface area contributed by atoms with E-state index in [2.05, 4.69) is 33.0 Å². The van der Waals surface area contributed by atoms with Gasteiger partial charge in [0.2, 0.25) is 0 Å². The van der Waals surface area contributed by atoms with Crippen LogP contribution in [0.2, 0.25) is 0 Å². The van der Waals surface area contributed by atoms with Crippen molar-refractivity contribution < 1.29 is 0 Å². The molecule has 1 aromatic rings. The van der Waals surface area contributed by atoms with Gasteiger partial charge in [-0.3, -0.25) is 0 Å². The van der Waals surface area contributed by atoms with Crippen LogP contribution >= 0.6 is 0 Å². The van der Waals surface area contributed by atoms with E-state index in [9.17, 15) is 0 Å². The molecule has 3 heterocycles. The Bertz CT molecular complexity index is 387.